The quantitative estimate of drug-likeness (QED) is 0.640. The van der Waals surface area contributed by atoms with Crippen LogP contribution in [0.2, 0.25) is 5.02 Å². The van der Waals surface area contributed by atoms with Gasteiger partial charge in [0.15, 0.2) is 5.75 Å². The molecule has 0 fully saturated rings. The highest BCUT2D eigenvalue weighted by Crippen LogP contribution is 2.21. The van der Waals surface area contributed by atoms with E-state index in [1.54, 1.807) is 25.1 Å². The Hall–Kier alpha value is -1.42. The van der Waals surface area contributed by atoms with E-state index in [4.69, 9.17) is 16.5 Å². The molecule has 1 aromatic carbocycles. The summed E-state index contributed by atoms with van der Waals surface area (Å²) in [6.07, 6.45) is -0.630. The molecule has 0 radical (unpaired) electrons. The number of carbonyl (C=O) groups is 1. The molecule has 82 valence electrons. The molecule has 0 saturated heterocycles. The molecule has 1 amide bonds. The minimum atomic E-state index is -0.630. The number of nitrogens with one attached hydrogen (secondary N) is 1. The molecule has 0 aliphatic heterocycles. The Morgan fingerprint density at radius 2 is 2.27 bits per heavy atom. The van der Waals surface area contributed by atoms with Crippen molar-refractivity contribution < 1.29 is 14.6 Å². The highest BCUT2D eigenvalue weighted by Gasteiger charge is 2.04. The van der Waals surface area contributed by atoms with Gasteiger partial charge < -0.3 is 5.32 Å². The summed E-state index contributed by atoms with van der Waals surface area (Å²) < 4.78 is 0. The largest absolute Gasteiger partial charge is 0.450 e. The van der Waals surface area contributed by atoms with Crippen molar-refractivity contribution in [3.63, 3.8) is 0 Å². The van der Waals surface area contributed by atoms with E-state index in [0.29, 0.717) is 17.3 Å². The van der Waals surface area contributed by atoms with E-state index in [1.807, 2.05) is 6.92 Å². The van der Waals surface area contributed by atoms with E-state index >= 15 is 0 Å². The lowest BCUT2D eigenvalue weighted by Crippen LogP contribution is -2.24. The van der Waals surface area contributed by atoms with Crippen LogP contribution in [0.25, 0.3) is 0 Å². The van der Waals surface area contributed by atoms with Gasteiger partial charge in [0.2, 0.25) is 0 Å². The second-order valence-electron chi connectivity index (χ2n) is 2.90. The summed E-state index contributed by atoms with van der Waals surface area (Å²) in [5.74, 6) is 0.386. The lowest BCUT2D eigenvalue weighted by Gasteiger charge is -2.05. The molecule has 0 saturated carbocycles. The first-order valence-electron chi connectivity index (χ1n) is 4.52. The SMILES string of the molecule is CCNC(=O)OOc1ccc(C)c(Cl)c1. The maximum Gasteiger partial charge on any atom is 0.450 e. The molecule has 1 rings (SSSR count). The lowest BCUT2D eigenvalue weighted by atomic mass is 10.2. The number of halogens is 1. The predicted molar refractivity (Wildman–Crippen MR) is 57.0 cm³/mol. The van der Waals surface area contributed by atoms with Gasteiger partial charge in [-0.15, -0.1) is 0 Å². The van der Waals surface area contributed by atoms with E-state index in [0.717, 1.165) is 5.56 Å². The number of aryl methyl sites for hydroxylation is 1. The first-order valence-corrected chi connectivity index (χ1v) is 4.89. The first kappa shape index (κ1) is 11.7. The van der Waals surface area contributed by atoms with Crippen LogP contribution < -0.4 is 10.2 Å². The molecular weight excluding hydrogens is 218 g/mol. The van der Waals surface area contributed by atoms with Crippen LogP contribution in [0.15, 0.2) is 18.2 Å². The monoisotopic (exact) mass is 229 g/mol. The highest BCUT2D eigenvalue weighted by atomic mass is 35.5. The molecule has 0 atom stereocenters. The Morgan fingerprint density at radius 3 is 2.87 bits per heavy atom. The van der Waals surface area contributed by atoms with E-state index in [9.17, 15) is 4.79 Å². The molecule has 1 aromatic rings. The zero-order valence-corrected chi connectivity index (χ0v) is 9.30. The molecule has 0 bridgehead atoms. The van der Waals surface area contributed by atoms with Crippen LogP contribution in [0.3, 0.4) is 0 Å². The molecule has 0 unspecified atom stereocenters. The Bertz CT molecular complexity index is 355. The molecule has 0 aliphatic carbocycles. The molecule has 0 heterocycles. The average molecular weight is 230 g/mol. The molecule has 15 heavy (non-hydrogen) atoms. The van der Waals surface area contributed by atoms with Crippen molar-refractivity contribution in [2.45, 2.75) is 13.8 Å². The van der Waals surface area contributed by atoms with Crippen LogP contribution in [-0.4, -0.2) is 12.6 Å². The molecule has 4 nitrogen and oxygen atoms in total. The third kappa shape index (κ3) is 3.67. The maximum atomic E-state index is 10.9. The van der Waals surface area contributed by atoms with E-state index in [-0.39, 0.29) is 0 Å². The van der Waals surface area contributed by atoms with E-state index in [1.165, 1.54) is 0 Å². The summed E-state index contributed by atoms with van der Waals surface area (Å²) in [6.45, 7) is 4.14. The summed E-state index contributed by atoms with van der Waals surface area (Å²) in [4.78, 5) is 20.1. The summed E-state index contributed by atoms with van der Waals surface area (Å²) in [5.41, 5.74) is 0.932. The van der Waals surface area contributed by atoms with Crippen molar-refractivity contribution in [3.05, 3.63) is 28.8 Å². The van der Waals surface area contributed by atoms with Crippen LogP contribution in [-0.2, 0) is 4.89 Å². The topological polar surface area (TPSA) is 47.6 Å². The molecule has 0 aromatic heterocycles. The summed E-state index contributed by atoms with van der Waals surface area (Å²) >= 11 is 5.85. The second kappa shape index (κ2) is 5.46. The van der Waals surface area contributed by atoms with Crippen LogP contribution in [0.5, 0.6) is 5.75 Å². The standard InChI is InChI=1S/C10H12ClNO3/c1-3-12-10(13)15-14-8-5-4-7(2)9(11)6-8/h4-6H,3H2,1-2H3,(H,12,13). The fourth-order valence-corrected chi connectivity index (χ4v) is 1.06. The van der Waals surface area contributed by atoms with Gasteiger partial charge in [-0.05, 0) is 25.5 Å². The average Bonchev–Trinajstić information content (AvgIpc) is 2.20. The van der Waals surface area contributed by atoms with Gasteiger partial charge in [-0.1, -0.05) is 17.7 Å². The van der Waals surface area contributed by atoms with Gasteiger partial charge in [0.1, 0.15) is 0 Å². The van der Waals surface area contributed by atoms with Gasteiger partial charge >= 0.3 is 6.09 Å². The normalized spacial score (nSPS) is 9.53. The minimum Gasteiger partial charge on any atom is -0.319 e. The van der Waals surface area contributed by atoms with Crippen molar-refractivity contribution in [2.75, 3.05) is 6.54 Å². The lowest BCUT2D eigenvalue weighted by molar-refractivity contribution is -0.142. The van der Waals surface area contributed by atoms with Crippen molar-refractivity contribution in [1.29, 1.82) is 0 Å². The molecule has 0 spiro atoms. The summed E-state index contributed by atoms with van der Waals surface area (Å²) in [5, 5.41) is 2.98. The highest BCUT2D eigenvalue weighted by molar-refractivity contribution is 6.31. The Kier molecular flexibility index (Phi) is 4.24. The van der Waals surface area contributed by atoms with Gasteiger partial charge in [-0.3, -0.25) is 4.89 Å². The van der Waals surface area contributed by atoms with Crippen molar-refractivity contribution in [1.82, 2.24) is 5.32 Å². The van der Waals surface area contributed by atoms with Gasteiger partial charge in [0, 0.05) is 17.6 Å². The zero-order chi connectivity index (χ0) is 11.3. The fraction of sp³-hybridized carbons (Fsp3) is 0.300. The van der Waals surface area contributed by atoms with E-state index < -0.39 is 6.09 Å². The number of hydrogen-bond acceptors (Lipinski definition) is 3. The predicted octanol–water partition coefficient (Wildman–Crippen LogP) is 2.69. The second-order valence-corrected chi connectivity index (χ2v) is 3.30. The van der Waals surface area contributed by atoms with Gasteiger partial charge in [-0.25, -0.2) is 9.68 Å². The van der Waals surface area contributed by atoms with Crippen molar-refractivity contribution >= 4 is 17.7 Å². The number of hydrogen-bond donors (Lipinski definition) is 1. The van der Waals surface area contributed by atoms with Crippen LogP contribution >= 0.6 is 11.6 Å². The smallest absolute Gasteiger partial charge is 0.319 e. The van der Waals surface area contributed by atoms with Gasteiger partial charge in [-0.2, -0.15) is 0 Å². The maximum absolute atomic E-state index is 10.9. The van der Waals surface area contributed by atoms with Gasteiger partial charge in [0.05, 0.1) is 0 Å². The number of amides is 1. The molecule has 1 N–H and O–H groups in total. The third-order valence-corrected chi connectivity index (χ3v) is 2.09. The number of rotatable bonds is 3. The summed E-state index contributed by atoms with van der Waals surface area (Å²) in [6, 6.07) is 5.02. The van der Waals surface area contributed by atoms with Crippen molar-refractivity contribution in [3.8, 4) is 5.75 Å². The molecule has 5 heteroatoms. The Morgan fingerprint density at radius 1 is 1.53 bits per heavy atom. The van der Waals surface area contributed by atoms with Crippen LogP contribution in [0.1, 0.15) is 12.5 Å². The van der Waals surface area contributed by atoms with E-state index in [2.05, 4.69) is 10.2 Å². The van der Waals surface area contributed by atoms with Gasteiger partial charge in [0.25, 0.3) is 0 Å². The Labute approximate surface area is 93.1 Å². The molecule has 0 aliphatic rings. The van der Waals surface area contributed by atoms with Crippen LogP contribution in [0, 0.1) is 6.92 Å². The number of carbonyl (C=O) groups excluding carboxylic acids is 1. The fourth-order valence-electron chi connectivity index (χ4n) is 0.885. The number of benzene rings is 1. The molecular formula is C10H12ClNO3. The van der Waals surface area contributed by atoms with Crippen LogP contribution in [0.4, 0.5) is 4.79 Å². The minimum absolute atomic E-state index is 0.386. The first-order chi connectivity index (χ1) is 7.13. The third-order valence-electron chi connectivity index (χ3n) is 1.68. The summed E-state index contributed by atoms with van der Waals surface area (Å²) in [7, 11) is 0. The zero-order valence-electron chi connectivity index (χ0n) is 8.54. The Balaban J connectivity index is 2.51. The van der Waals surface area contributed by atoms with Crippen molar-refractivity contribution in [2.24, 2.45) is 0 Å².